The van der Waals surface area contributed by atoms with Crippen molar-refractivity contribution in [3.8, 4) is 11.3 Å². The van der Waals surface area contributed by atoms with Gasteiger partial charge in [-0.25, -0.2) is 0 Å². The molecule has 0 fully saturated rings. The number of thiophene rings is 1. The third-order valence-corrected chi connectivity index (χ3v) is 6.44. The second-order valence-corrected chi connectivity index (χ2v) is 9.67. The van der Waals surface area contributed by atoms with E-state index in [1.807, 2.05) is 10.4 Å². The molecule has 2 aromatic carbocycles. The van der Waals surface area contributed by atoms with E-state index in [0.717, 1.165) is 21.6 Å². The molecule has 148 valence electrons. The van der Waals surface area contributed by atoms with Gasteiger partial charge in [-0.15, -0.1) is 5.70 Å². The smallest absolute Gasteiger partial charge is 0.217 e. The molecule has 0 amide bonds. The Hall–Kier alpha value is -3.17. The summed E-state index contributed by atoms with van der Waals surface area (Å²) in [7, 11) is 0. The second kappa shape index (κ2) is 6.96. The van der Waals surface area contributed by atoms with E-state index in [1.165, 1.54) is 27.5 Å². The molecule has 1 aliphatic rings. The highest BCUT2D eigenvalue weighted by Crippen LogP contribution is 2.39. The molecular weight excluding hydrogens is 384 g/mol. The minimum atomic E-state index is 0.0466. The van der Waals surface area contributed by atoms with E-state index < -0.39 is 0 Å². The average molecular weight is 409 g/mol. The third kappa shape index (κ3) is 3.25. The van der Waals surface area contributed by atoms with E-state index in [0.29, 0.717) is 0 Å². The molecule has 30 heavy (non-hydrogen) atoms. The Bertz CT molecular complexity index is 1420. The van der Waals surface area contributed by atoms with E-state index in [2.05, 4.69) is 99.6 Å². The van der Waals surface area contributed by atoms with Crippen molar-refractivity contribution in [1.82, 2.24) is 0 Å². The first-order chi connectivity index (χ1) is 14.4. The zero-order chi connectivity index (χ0) is 20.9. The van der Waals surface area contributed by atoms with Crippen LogP contribution in [0.25, 0.3) is 39.1 Å². The van der Waals surface area contributed by atoms with E-state index in [4.69, 9.17) is 5.32 Å². The van der Waals surface area contributed by atoms with Crippen molar-refractivity contribution in [2.75, 3.05) is 0 Å². The zero-order valence-corrected chi connectivity index (χ0v) is 18.3. The van der Waals surface area contributed by atoms with Crippen LogP contribution in [0, 0.1) is 6.72 Å². The van der Waals surface area contributed by atoms with Gasteiger partial charge in [-0.1, -0.05) is 62.2 Å². The summed E-state index contributed by atoms with van der Waals surface area (Å²) in [5, 5.41) is 11.7. The Balaban J connectivity index is 1.73. The van der Waals surface area contributed by atoms with Gasteiger partial charge >= 0.3 is 0 Å². The number of hydrogen-bond donors (Lipinski definition) is 0. The van der Waals surface area contributed by atoms with E-state index >= 15 is 0 Å². The molecule has 1 aliphatic heterocycles. The van der Waals surface area contributed by atoms with Crippen LogP contribution in [-0.4, -0.2) is 0 Å². The highest BCUT2D eigenvalue weighted by atomic mass is 32.1. The van der Waals surface area contributed by atoms with Crippen molar-refractivity contribution in [3.63, 3.8) is 0 Å². The van der Waals surface area contributed by atoms with E-state index in [9.17, 15) is 0 Å². The highest BCUT2D eigenvalue weighted by Gasteiger charge is 2.20. The quantitative estimate of drug-likeness (QED) is 0.315. The van der Waals surface area contributed by atoms with Gasteiger partial charge in [-0.3, -0.25) is 0 Å². The standard InChI is InChI=1S/C27H24N2S/c1-27(2,3)23-16-21(15-19-7-5-6-8-22(19)23)25-17-20(11-13-29(25)4)24-10-9-18-12-14-30-26(18)28-24/h5-17H,4H2,1-3H3. The van der Waals surface area contributed by atoms with Gasteiger partial charge in [0, 0.05) is 17.7 Å². The van der Waals surface area contributed by atoms with Crippen LogP contribution < -0.4 is 9.46 Å². The van der Waals surface area contributed by atoms with Gasteiger partial charge in [0.15, 0.2) is 6.20 Å². The van der Waals surface area contributed by atoms with Gasteiger partial charge in [0.1, 0.15) is 6.72 Å². The van der Waals surface area contributed by atoms with Gasteiger partial charge in [-0.2, -0.15) is 15.6 Å². The number of benzene rings is 2. The maximum absolute atomic E-state index is 4.87. The minimum absolute atomic E-state index is 0.0466. The first kappa shape index (κ1) is 18.8. The van der Waals surface area contributed by atoms with Gasteiger partial charge in [-0.05, 0) is 56.1 Å². The van der Waals surface area contributed by atoms with Crippen LogP contribution in [0.1, 0.15) is 31.9 Å². The summed E-state index contributed by atoms with van der Waals surface area (Å²) in [5.41, 5.74) is 5.83. The number of pyridine rings is 1. The molecule has 3 heterocycles. The first-order valence-electron chi connectivity index (χ1n) is 10.1. The average Bonchev–Trinajstić information content (AvgIpc) is 3.20. The fourth-order valence-corrected chi connectivity index (χ4v) is 4.79. The van der Waals surface area contributed by atoms with Gasteiger partial charge in [0.25, 0.3) is 0 Å². The molecule has 0 aliphatic carbocycles. The molecule has 4 aromatic rings. The predicted molar refractivity (Wildman–Crippen MR) is 128 cm³/mol. The lowest BCUT2D eigenvalue weighted by Gasteiger charge is -2.26. The zero-order valence-electron chi connectivity index (χ0n) is 17.5. The van der Waals surface area contributed by atoms with Crippen LogP contribution in [0.2, 0.25) is 0 Å². The largest absolute Gasteiger partial charge is 0.648 e. The summed E-state index contributed by atoms with van der Waals surface area (Å²) in [6, 6.07) is 19.6. The summed E-state index contributed by atoms with van der Waals surface area (Å²) < 4.78 is 1.95. The number of aromatic nitrogens is 1. The highest BCUT2D eigenvalue weighted by molar-refractivity contribution is 7.14. The Morgan fingerprint density at radius 2 is 1.80 bits per heavy atom. The molecule has 0 saturated carbocycles. The Morgan fingerprint density at radius 1 is 0.967 bits per heavy atom. The molecule has 0 unspecified atom stereocenters. The number of fused-ring (bicyclic) bond motifs is 2. The SMILES string of the molecule is C=[n+]1ccc(=C2C=Cc3ccsc3[N-]2)cc1-c1cc(C(C)(C)C)c2ccccc2c1. The molecular formula is C27H24N2S. The third-order valence-electron chi connectivity index (χ3n) is 5.61. The first-order valence-corrected chi connectivity index (χ1v) is 11.0. The summed E-state index contributed by atoms with van der Waals surface area (Å²) >= 11 is 1.68. The Kier molecular flexibility index (Phi) is 4.37. The minimum Gasteiger partial charge on any atom is -0.648 e. The van der Waals surface area contributed by atoms with Crippen LogP contribution in [0.5, 0.6) is 0 Å². The van der Waals surface area contributed by atoms with Crippen LogP contribution >= 0.6 is 11.3 Å². The summed E-state index contributed by atoms with van der Waals surface area (Å²) in [6.45, 7) is 11.1. The fraction of sp³-hybridized carbons (Fsp3) is 0.148. The molecule has 0 bridgehead atoms. The molecule has 2 aromatic heterocycles. The molecule has 0 radical (unpaired) electrons. The predicted octanol–water partition coefficient (Wildman–Crippen LogP) is 6.63. The van der Waals surface area contributed by atoms with Gasteiger partial charge < -0.3 is 5.32 Å². The van der Waals surface area contributed by atoms with Gasteiger partial charge in [0.05, 0.1) is 0 Å². The van der Waals surface area contributed by atoms with E-state index in [1.54, 1.807) is 11.3 Å². The van der Waals surface area contributed by atoms with Crippen molar-refractivity contribution in [3.05, 3.63) is 101 Å². The Labute approximate surface area is 181 Å². The summed E-state index contributed by atoms with van der Waals surface area (Å²) in [4.78, 5) is 0. The second-order valence-electron chi connectivity index (χ2n) is 8.78. The van der Waals surface area contributed by atoms with E-state index in [-0.39, 0.29) is 5.41 Å². The van der Waals surface area contributed by atoms with Crippen LogP contribution in [0.4, 0.5) is 5.00 Å². The molecule has 0 spiro atoms. The lowest BCUT2D eigenvalue weighted by molar-refractivity contribution is -0.486. The number of rotatable bonds is 1. The number of hydrogen-bond acceptors (Lipinski definition) is 1. The topological polar surface area (TPSA) is 20.0 Å². The molecule has 2 nitrogen and oxygen atoms in total. The number of nitrogens with zero attached hydrogens (tertiary/aromatic N) is 2. The fourth-order valence-electron chi connectivity index (χ4n) is 4.02. The van der Waals surface area contributed by atoms with Crippen LogP contribution in [0.3, 0.4) is 0 Å². The van der Waals surface area contributed by atoms with Crippen molar-refractivity contribution in [1.29, 1.82) is 0 Å². The molecule has 5 rings (SSSR count). The van der Waals surface area contributed by atoms with Crippen LogP contribution in [-0.2, 0) is 5.41 Å². The van der Waals surface area contributed by atoms with Gasteiger partial charge in [0.2, 0.25) is 5.69 Å². The van der Waals surface area contributed by atoms with Crippen LogP contribution in [0.15, 0.2) is 72.3 Å². The molecule has 0 atom stereocenters. The van der Waals surface area contributed by atoms with Crippen molar-refractivity contribution < 1.29 is 4.24 Å². The normalized spacial score (nSPS) is 15.2. The monoisotopic (exact) mass is 408 g/mol. The lowest BCUT2D eigenvalue weighted by Crippen LogP contribution is -2.22. The molecule has 0 N–H and O–H groups in total. The Morgan fingerprint density at radius 3 is 2.63 bits per heavy atom. The van der Waals surface area contributed by atoms with Crippen molar-refractivity contribution in [2.24, 2.45) is 0 Å². The lowest BCUT2D eigenvalue weighted by atomic mass is 9.82. The maximum atomic E-state index is 4.87. The summed E-state index contributed by atoms with van der Waals surface area (Å²) in [6.07, 6.45) is 6.27. The van der Waals surface area contributed by atoms with Crippen molar-refractivity contribution in [2.45, 2.75) is 26.2 Å². The maximum Gasteiger partial charge on any atom is 0.217 e. The molecule has 3 heteroatoms. The summed E-state index contributed by atoms with van der Waals surface area (Å²) in [5.74, 6) is 0. The van der Waals surface area contributed by atoms with Crippen molar-refractivity contribution >= 4 is 38.9 Å². The molecule has 0 saturated heterocycles.